The van der Waals surface area contributed by atoms with E-state index in [2.05, 4.69) is 10.3 Å². The van der Waals surface area contributed by atoms with E-state index < -0.39 is 16.6 Å². The molecule has 1 amide bonds. The minimum atomic E-state index is -0.640. The predicted molar refractivity (Wildman–Crippen MR) is 95.1 cm³/mol. The molecule has 0 saturated heterocycles. The van der Waals surface area contributed by atoms with Gasteiger partial charge in [0.25, 0.3) is 11.6 Å². The van der Waals surface area contributed by atoms with Crippen molar-refractivity contribution >= 4 is 28.1 Å². The third kappa shape index (κ3) is 3.52. The van der Waals surface area contributed by atoms with Crippen LogP contribution in [0.1, 0.15) is 10.4 Å². The summed E-state index contributed by atoms with van der Waals surface area (Å²) in [7, 11) is 1.37. The van der Waals surface area contributed by atoms with E-state index >= 15 is 0 Å². The van der Waals surface area contributed by atoms with E-state index in [4.69, 9.17) is 4.74 Å². The number of hydrogen-bond donors (Lipinski definition) is 1. The molecular weight excluding hydrogens is 361 g/mol. The molecule has 0 spiro atoms. The van der Waals surface area contributed by atoms with E-state index in [0.717, 1.165) is 11.3 Å². The zero-order chi connectivity index (χ0) is 18.7. The van der Waals surface area contributed by atoms with Gasteiger partial charge in [-0.25, -0.2) is 9.37 Å². The summed E-state index contributed by atoms with van der Waals surface area (Å²) in [4.78, 5) is 26.9. The fraction of sp³-hybridized carbons (Fsp3) is 0.0588. The fourth-order valence-corrected chi connectivity index (χ4v) is 2.99. The topological polar surface area (TPSA) is 94.4 Å². The lowest BCUT2D eigenvalue weighted by molar-refractivity contribution is -0.385. The maximum absolute atomic E-state index is 13.8. The molecule has 0 atom stereocenters. The monoisotopic (exact) mass is 373 g/mol. The summed E-state index contributed by atoms with van der Waals surface area (Å²) < 4.78 is 18.7. The number of amides is 1. The zero-order valence-corrected chi connectivity index (χ0v) is 14.2. The number of nitrogens with one attached hydrogen (secondary N) is 1. The van der Waals surface area contributed by atoms with Crippen molar-refractivity contribution in [1.82, 2.24) is 4.98 Å². The second-order valence-electron chi connectivity index (χ2n) is 5.12. The molecule has 132 valence electrons. The van der Waals surface area contributed by atoms with Gasteiger partial charge in [-0.15, -0.1) is 11.3 Å². The summed E-state index contributed by atoms with van der Waals surface area (Å²) in [6, 6.07) is 10.0. The number of halogens is 1. The summed E-state index contributed by atoms with van der Waals surface area (Å²) >= 11 is 1.13. The molecule has 0 radical (unpaired) electrons. The van der Waals surface area contributed by atoms with Crippen molar-refractivity contribution in [2.75, 3.05) is 12.4 Å². The maximum Gasteiger partial charge on any atom is 0.282 e. The molecule has 2 aromatic carbocycles. The molecule has 0 aliphatic rings. The van der Waals surface area contributed by atoms with Gasteiger partial charge >= 0.3 is 0 Å². The smallest absolute Gasteiger partial charge is 0.282 e. The van der Waals surface area contributed by atoms with Crippen LogP contribution in [0.3, 0.4) is 0 Å². The number of nitro groups is 1. The highest BCUT2D eigenvalue weighted by Gasteiger charge is 2.20. The van der Waals surface area contributed by atoms with Gasteiger partial charge in [-0.05, 0) is 24.3 Å². The predicted octanol–water partition coefficient (Wildman–Crippen LogP) is 4.12. The number of ether oxygens (including phenoxy) is 1. The van der Waals surface area contributed by atoms with Crippen LogP contribution < -0.4 is 10.1 Å². The highest BCUT2D eigenvalue weighted by molar-refractivity contribution is 7.14. The second-order valence-corrected chi connectivity index (χ2v) is 5.97. The molecule has 3 aromatic rings. The molecule has 1 N–H and O–H groups in total. The standard InChI is InChI=1S/C17H12FN3O4S/c1-25-15-7-6-10(8-12(15)18)13-9-26-17(19-13)20-16(22)11-4-2-3-5-14(11)21(23)24/h2-9H,1H3,(H,19,20,22). The van der Waals surface area contributed by atoms with Gasteiger partial charge in [0.05, 0.1) is 17.7 Å². The summed E-state index contributed by atoms with van der Waals surface area (Å²) in [5.41, 5.74) is 0.629. The normalized spacial score (nSPS) is 10.4. The molecule has 0 bridgehead atoms. The Hall–Kier alpha value is -3.33. The lowest BCUT2D eigenvalue weighted by Gasteiger charge is -2.04. The van der Waals surface area contributed by atoms with E-state index in [0.29, 0.717) is 11.3 Å². The lowest BCUT2D eigenvalue weighted by atomic mass is 10.1. The SMILES string of the molecule is COc1ccc(-c2csc(NC(=O)c3ccccc3[N+](=O)[O-])n2)cc1F. The number of hydrogen-bond acceptors (Lipinski definition) is 6. The Morgan fingerprint density at radius 1 is 1.31 bits per heavy atom. The van der Waals surface area contributed by atoms with Gasteiger partial charge in [-0.2, -0.15) is 0 Å². The van der Waals surface area contributed by atoms with E-state index in [-0.39, 0.29) is 22.1 Å². The molecule has 9 heteroatoms. The van der Waals surface area contributed by atoms with Crippen molar-refractivity contribution in [2.24, 2.45) is 0 Å². The molecule has 0 aliphatic heterocycles. The first-order chi connectivity index (χ1) is 12.5. The van der Waals surface area contributed by atoms with E-state index in [1.807, 2.05) is 0 Å². The van der Waals surface area contributed by atoms with Crippen LogP contribution in [0.2, 0.25) is 0 Å². The van der Waals surface area contributed by atoms with Crippen LogP contribution >= 0.6 is 11.3 Å². The average Bonchev–Trinajstić information content (AvgIpc) is 3.10. The number of nitrogens with zero attached hydrogens (tertiary/aromatic N) is 2. The number of rotatable bonds is 5. The number of carbonyl (C=O) groups is 1. The van der Waals surface area contributed by atoms with Crippen molar-refractivity contribution in [3.8, 4) is 17.0 Å². The van der Waals surface area contributed by atoms with Crippen LogP contribution in [0.4, 0.5) is 15.2 Å². The third-order valence-electron chi connectivity index (χ3n) is 3.52. The van der Waals surface area contributed by atoms with Crippen molar-refractivity contribution < 1.29 is 18.8 Å². The molecule has 1 heterocycles. The third-order valence-corrected chi connectivity index (χ3v) is 4.28. The number of carbonyl (C=O) groups excluding carboxylic acids is 1. The lowest BCUT2D eigenvalue weighted by Crippen LogP contribution is -2.13. The first kappa shape index (κ1) is 17.5. The molecule has 7 nitrogen and oxygen atoms in total. The molecule has 1 aromatic heterocycles. The minimum Gasteiger partial charge on any atom is -0.494 e. The Labute approximate surface area is 151 Å². The van der Waals surface area contributed by atoms with E-state index in [9.17, 15) is 19.3 Å². The van der Waals surface area contributed by atoms with E-state index in [1.165, 1.54) is 43.5 Å². The number of nitro benzene ring substituents is 1. The van der Waals surface area contributed by atoms with Crippen LogP contribution in [0.25, 0.3) is 11.3 Å². The first-order valence-electron chi connectivity index (χ1n) is 7.34. The number of anilines is 1. The highest BCUT2D eigenvalue weighted by Crippen LogP contribution is 2.29. The van der Waals surface area contributed by atoms with Gasteiger partial charge in [0.15, 0.2) is 16.7 Å². The van der Waals surface area contributed by atoms with Gasteiger partial charge in [-0.1, -0.05) is 12.1 Å². The number of aromatic nitrogens is 1. The van der Waals surface area contributed by atoms with Gasteiger partial charge < -0.3 is 4.74 Å². The van der Waals surface area contributed by atoms with Crippen LogP contribution in [-0.2, 0) is 0 Å². The Morgan fingerprint density at radius 3 is 2.77 bits per heavy atom. The minimum absolute atomic E-state index is 0.0651. The van der Waals surface area contributed by atoms with Crippen molar-refractivity contribution in [3.05, 3.63) is 69.3 Å². The number of thiazole rings is 1. The Balaban J connectivity index is 1.82. The van der Waals surface area contributed by atoms with Gasteiger partial charge in [0.2, 0.25) is 0 Å². The van der Waals surface area contributed by atoms with Crippen molar-refractivity contribution in [3.63, 3.8) is 0 Å². The molecule has 0 saturated carbocycles. The first-order valence-corrected chi connectivity index (χ1v) is 8.21. The number of methoxy groups -OCH3 is 1. The van der Waals surface area contributed by atoms with Gasteiger partial charge in [-0.3, -0.25) is 20.2 Å². The molecular formula is C17H12FN3O4S. The molecule has 3 rings (SSSR count). The van der Waals surface area contributed by atoms with Gasteiger partial charge in [0.1, 0.15) is 5.56 Å². The molecule has 0 unspecified atom stereocenters. The average molecular weight is 373 g/mol. The van der Waals surface area contributed by atoms with Crippen molar-refractivity contribution in [1.29, 1.82) is 0 Å². The number of para-hydroxylation sites is 1. The quantitative estimate of drug-likeness (QED) is 0.536. The number of benzene rings is 2. The maximum atomic E-state index is 13.8. The van der Waals surface area contributed by atoms with Crippen molar-refractivity contribution in [2.45, 2.75) is 0 Å². The fourth-order valence-electron chi connectivity index (χ4n) is 2.28. The second kappa shape index (κ2) is 7.28. The van der Waals surface area contributed by atoms with Crippen LogP contribution in [0.5, 0.6) is 5.75 Å². The highest BCUT2D eigenvalue weighted by atomic mass is 32.1. The van der Waals surface area contributed by atoms with Crippen LogP contribution in [-0.4, -0.2) is 22.9 Å². The summed E-state index contributed by atoms with van der Waals surface area (Å²) in [5.74, 6) is -1.04. The van der Waals surface area contributed by atoms with Crippen LogP contribution in [0, 0.1) is 15.9 Å². The molecule has 0 fully saturated rings. The summed E-state index contributed by atoms with van der Waals surface area (Å²) in [6.45, 7) is 0. The molecule has 0 aliphatic carbocycles. The Bertz CT molecular complexity index is 990. The van der Waals surface area contributed by atoms with Crippen LogP contribution in [0.15, 0.2) is 47.8 Å². The molecule has 26 heavy (non-hydrogen) atoms. The summed E-state index contributed by atoms with van der Waals surface area (Å²) in [5, 5.41) is 15.4. The zero-order valence-electron chi connectivity index (χ0n) is 13.4. The van der Waals surface area contributed by atoms with E-state index in [1.54, 1.807) is 11.4 Å². The summed E-state index contributed by atoms with van der Waals surface area (Å²) in [6.07, 6.45) is 0. The van der Waals surface area contributed by atoms with Gasteiger partial charge in [0, 0.05) is 17.0 Å². The largest absolute Gasteiger partial charge is 0.494 e. The Kier molecular flexibility index (Phi) is 4.90. The Morgan fingerprint density at radius 2 is 2.08 bits per heavy atom.